The Hall–Kier alpha value is -3.67. The van der Waals surface area contributed by atoms with E-state index in [9.17, 15) is 14.4 Å². The second-order valence-corrected chi connectivity index (χ2v) is 18.5. The van der Waals surface area contributed by atoms with E-state index in [4.69, 9.17) is 14.2 Å². The zero-order valence-electron chi connectivity index (χ0n) is 44.3. The molecule has 68 heavy (non-hydrogen) atoms. The van der Waals surface area contributed by atoms with Gasteiger partial charge >= 0.3 is 17.9 Å². The predicted octanol–water partition coefficient (Wildman–Crippen LogP) is 18.9. The predicted molar refractivity (Wildman–Crippen MR) is 293 cm³/mol. The van der Waals surface area contributed by atoms with Crippen LogP contribution in [0.5, 0.6) is 0 Å². The third kappa shape index (κ3) is 53.3. The number of carbonyl (C=O) groups is 3. The molecule has 1 unspecified atom stereocenters. The molecule has 0 N–H and O–H groups in total. The Morgan fingerprint density at radius 2 is 0.574 bits per heavy atom. The van der Waals surface area contributed by atoms with Crippen LogP contribution in [-0.4, -0.2) is 37.2 Å². The smallest absolute Gasteiger partial charge is 0.306 e. The maximum atomic E-state index is 12.8. The first-order valence-electron chi connectivity index (χ1n) is 28.2. The Morgan fingerprint density at radius 1 is 0.309 bits per heavy atom. The molecule has 0 spiro atoms. The van der Waals surface area contributed by atoms with Crippen molar-refractivity contribution >= 4 is 17.9 Å². The quantitative estimate of drug-likeness (QED) is 0.0262. The Bertz CT molecular complexity index is 1360. The minimum atomic E-state index is -0.794. The van der Waals surface area contributed by atoms with Gasteiger partial charge in [0.2, 0.25) is 0 Å². The summed E-state index contributed by atoms with van der Waals surface area (Å²) in [6.45, 7) is 6.45. The fourth-order valence-corrected chi connectivity index (χ4v) is 7.55. The van der Waals surface area contributed by atoms with Crippen molar-refractivity contribution in [3.63, 3.8) is 0 Å². The van der Waals surface area contributed by atoms with Crippen molar-refractivity contribution in [2.45, 2.75) is 264 Å². The molecule has 0 radical (unpaired) electrons. The maximum Gasteiger partial charge on any atom is 0.306 e. The van der Waals surface area contributed by atoms with Gasteiger partial charge in [-0.3, -0.25) is 14.4 Å². The number of hydrogen-bond acceptors (Lipinski definition) is 6. The molecule has 0 fully saturated rings. The first kappa shape index (κ1) is 64.3. The van der Waals surface area contributed by atoms with Crippen molar-refractivity contribution in [3.8, 4) is 0 Å². The van der Waals surface area contributed by atoms with Gasteiger partial charge in [0.05, 0.1) is 0 Å². The highest BCUT2D eigenvalue weighted by molar-refractivity contribution is 5.71. The molecule has 0 aliphatic rings. The first-order valence-corrected chi connectivity index (χ1v) is 28.2. The Labute approximate surface area is 419 Å². The molecule has 0 amide bonds. The average molecular weight is 946 g/mol. The summed E-state index contributed by atoms with van der Waals surface area (Å²) in [6.07, 6.45) is 73.9. The number of hydrogen-bond donors (Lipinski definition) is 0. The lowest BCUT2D eigenvalue weighted by Gasteiger charge is -2.18. The Morgan fingerprint density at radius 3 is 0.912 bits per heavy atom. The van der Waals surface area contributed by atoms with Gasteiger partial charge in [0, 0.05) is 19.3 Å². The average Bonchev–Trinajstić information content (AvgIpc) is 3.34. The lowest BCUT2D eigenvalue weighted by atomic mass is 10.1. The van der Waals surface area contributed by atoms with Gasteiger partial charge in [0.25, 0.3) is 0 Å². The Kier molecular flexibility index (Phi) is 52.9. The van der Waals surface area contributed by atoms with Crippen molar-refractivity contribution in [2.24, 2.45) is 0 Å². The summed E-state index contributed by atoms with van der Waals surface area (Å²) >= 11 is 0. The summed E-state index contributed by atoms with van der Waals surface area (Å²) in [7, 11) is 0. The van der Waals surface area contributed by atoms with Gasteiger partial charge < -0.3 is 14.2 Å². The lowest BCUT2D eigenvalue weighted by Crippen LogP contribution is -2.30. The molecule has 0 saturated carbocycles. The van der Waals surface area contributed by atoms with Crippen molar-refractivity contribution < 1.29 is 28.6 Å². The van der Waals surface area contributed by atoms with Gasteiger partial charge in [-0.1, -0.05) is 214 Å². The molecular weight excluding hydrogens is 841 g/mol. The minimum absolute atomic E-state index is 0.0920. The van der Waals surface area contributed by atoms with E-state index >= 15 is 0 Å². The molecule has 388 valence electrons. The van der Waals surface area contributed by atoms with E-state index in [1.807, 2.05) is 0 Å². The van der Waals surface area contributed by atoms with E-state index in [1.54, 1.807) is 0 Å². The number of rotatable bonds is 50. The van der Waals surface area contributed by atoms with E-state index in [2.05, 4.69) is 118 Å². The number of allylic oxidation sites excluding steroid dienone is 16. The van der Waals surface area contributed by atoms with Crippen LogP contribution in [0.4, 0.5) is 0 Å². The van der Waals surface area contributed by atoms with E-state index in [0.29, 0.717) is 19.3 Å². The molecule has 6 heteroatoms. The van der Waals surface area contributed by atoms with Crippen LogP contribution in [0.1, 0.15) is 258 Å². The van der Waals surface area contributed by atoms with Crippen LogP contribution in [0.15, 0.2) is 97.2 Å². The third-order valence-electron chi connectivity index (χ3n) is 11.8. The molecule has 6 nitrogen and oxygen atoms in total. The highest BCUT2D eigenvalue weighted by Gasteiger charge is 2.19. The normalized spacial score (nSPS) is 12.8. The molecule has 1 atom stereocenters. The van der Waals surface area contributed by atoms with Gasteiger partial charge in [-0.2, -0.15) is 0 Å². The molecule has 0 aromatic heterocycles. The highest BCUT2D eigenvalue weighted by Crippen LogP contribution is 2.14. The summed E-state index contributed by atoms with van der Waals surface area (Å²) in [4.78, 5) is 38.1. The first-order chi connectivity index (χ1) is 33.5. The summed E-state index contributed by atoms with van der Waals surface area (Å²) in [5.41, 5.74) is 0. The highest BCUT2D eigenvalue weighted by atomic mass is 16.6. The van der Waals surface area contributed by atoms with Crippen molar-refractivity contribution in [1.82, 2.24) is 0 Å². The molecule has 0 aromatic carbocycles. The molecule has 0 rings (SSSR count). The van der Waals surface area contributed by atoms with Crippen LogP contribution in [0.25, 0.3) is 0 Å². The monoisotopic (exact) mass is 945 g/mol. The van der Waals surface area contributed by atoms with Crippen LogP contribution in [0.2, 0.25) is 0 Å². The SMILES string of the molecule is CC/C=C\C/C=C\C/C=C\C/C=C\C/C=C\CCCCCCCC(=O)OCC(COC(=O)CCCCCCC/C=C\CCCCC)OC(=O)CCCCCCCCC/C=C\C/C=C\CCCCC. The molecular formula is C62H104O6. The topological polar surface area (TPSA) is 78.9 Å². The molecule has 0 heterocycles. The van der Waals surface area contributed by atoms with Gasteiger partial charge in [-0.25, -0.2) is 0 Å². The fourth-order valence-electron chi connectivity index (χ4n) is 7.55. The van der Waals surface area contributed by atoms with E-state index in [-0.39, 0.29) is 31.1 Å². The molecule has 0 aliphatic heterocycles. The van der Waals surface area contributed by atoms with Gasteiger partial charge in [0.15, 0.2) is 6.10 Å². The second kappa shape index (κ2) is 55.9. The van der Waals surface area contributed by atoms with E-state index in [1.165, 1.54) is 89.9 Å². The van der Waals surface area contributed by atoms with Crippen LogP contribution in [0, 0.1) is 0 Å². The summed E-state index contributed by atoms with van der Waals surface area (Å²) in [5.74, 6) is -0.926. The number of ether oxygens (including phenoxy) is 3. The van der Waals surface area contributed by atoms with Gasteiger partial charge in [0.1, 0.15) is 13.2 Å². The van der Waals surface area contributed by atoms with Crippen molar-refractivity contribution in [3.05, 3.63) is 97.2 Å². The molecule has 0 saturated heterocycles. The summed E-state index contributed by atoms with van der Waals surface area (Å²) < 4.78 is 16.8. The molecule has 0 bridgehead atoms. The standard InChI is InChI=1S/C62H104O6/c1-4-7-10-13-16-19-22-25-27-29-30-31-32-34-35-37-40-43-46-49-52-55-61(64)67-58-59(57-66-60(63)54-51-48-45-42-39-24-21-18-15-12-9-6-3)68-62(65)56-53-50-47-44-41-38-36-33-28-26-23-20-17-14-11-8-5-2/h7,10,16-21,25-28,30-31,34-35,59H,4-6,8-9,11-15,22-24,29,32-33,36-58H2,1-3H3/b10-7-,19-16-,20-17-,21-18-,27-25-,28-26-,31-30-,35-34-. The fraction of sp³-hybridized carbons (Fsp3) is 0.694. The van der Waals surface area contributed by atoms with Crippen LogP contribution in [-0.2, 0) is 28.6 Å². The molecule has 0 aliphatic carbocycles. The van der Waals surface area contributed by atoms with Gasteiger partial charge in [-0.05, 0) is 122 Å². The van der Waals surface area contributed by atoms with Crippen LogP contribution < -0.4 is 0 Å². The Balaban J connectivity index is 4.42. The zero-order valence-corrected chi connectivity index (χ0v) is 44.3. The van der Waals surface area contributed by atoms with E-state index in [0.717, 1.165) is 128 Å². The lowest BCUT2D eigenvalue weighted by molar-refractivity contribution is -0.167. The number of esters is 3. The summed E-state index contributed by atoms with van der Waals surface area (Å²) in [6, 6.07) is 0. The van der Waals surface area contributed by atoms with Crippen molar-refractivity contribution in [1.29, 1.82) is 0 Å². The minimum Gasteiger partial charge on any atom is -0.462 e. The maximum absolute atomic E-state index is 12.8. The van der Waals surface area contributed by atoms with Gasteiger partial charge in [-0.15, -0.1) is 0 Å². The van der Waals surface area contributed by atoms with Crippen LogP contribution >= 0.6 is 0 Å². The number of unbranched alkanes of at least 4 members (excludes halogenated alkanes) is 23. The van der Waals surface area contributed by atoms with E-state index < -0.39 is 6.10 Å². The van der Waals surface area contributed by atoms with Crippen LogP contribution in [0.3, 0.4) is 0 Å². The van der Waals surface area contributed by atoms with Crippen molar-refractivity contribution in [2.75, 3.05) is 13.2 Å². The second-order valence-electron chi connectivity index (χ2n) is 18.5. The third-order valence-corrected chi connectivity index (χ3v) is 11.8. The number of carbonyl (C=O) groups excluding carboxylic acids is 3. The largest absolute Gasteiger partial charge is 0.462 e. The zero-order chi connectivity index (χ0) is 49.3. The summed E-state index contributed by atoms with van der Waals surface area (Å²) in [5, 5.41) is 0. The molecule has 0 aromatic rings.